The zero-order valence-corrected chi connectivity index (χ0v) is 17.0. The number of aryl methyl sites for hydroxylation is 1. The molecule has 0 aliphatic heterocycles. The van der Waals surface area contributed by atoms with E-state index in [-0.39, 0.29) is 41.0 Å². The number of rotatable bonds is 7. The third kappa shape index (κ3) is 5.87. The van der Waals surface area contributed by atoms with E-state index in [1.807, 2.05) is 6.07 Å². The third-order valence-corrected chi connectivity index (χ3v) is 4.46. The van der Waals surface area contributed by atoms with Gasteiger partial charge in [0.15, 0.2) is 6.10 Å². The van der Waals surface area contributed by atoms with Gasteiger partial charge in [-0.2, -0.15) is 10.2 Å². The van der Waals surface area contributed by atoms with Crippen molar-refractivity contribution in [2.75, 3.05) is 5.32 Å². The lowest BCUT2D eigenvalue weighted by molar-refractivity contribution is -0.153. The van der Waals surface area contributed by atoms with Crippen LogP contribution < -0.4 is 5.32 Å². The van der Waals surface area contributed by atoms with Crippen LogP contribution in [0, 0.1) is 17.1 Å². The summed E-state index contributed by atoms with van der Waals surface area (Å²) in [7, 11) is 0. The molecule has 1 N–H and O–H groups in total. The van der Waals surface area contributed by atoms with Crippen molar-refractivity contribution < 1.29 is 23.2 Å². The lowest BCUT2D eigenvalue weighted by atomic mass is 10.2. The summed E-state index contributed by atoms with van der Waals surface area (Å²) in [6.45, 7) is 1.43. The monoisotopic (exact) mass is 442 g/mol. The van der Waals surface area contributed by atoms with Crippen LogP contribution in [-0.2, 0) is 20.7 Å². The highest BCUT2D eigenvalue weighted by Gasteiger charge is 2.19. The first kappa shape index (κ1) is 21.9. The van der Waals surface area contributed by atoms with E-state index < -0.39 is 18.0 Å². The van der Waals surface area contributed by atoms with Crippen LogP contribution in [0.4, 0.5) is 10.1 Å². The van der Waals surface area contributed by atoms with Gasteiger partial charge in [-0.25, -0.2) is 4.39 Å². The van der Waals surface area contributed by atoms with Crippen molar-refractivity contribution in [3.63, 3.8) is 0 Å². The number of esters is 1. The first-order valence-corrected chi connectivity index (χ1v) is 9.52. The second-order valence-electron chi connectivity index (χ2n) is 6.45. The van der Waals surface area contributed by atoms with Gasteiger partial charge in [0.1, 0.15) is 11.9 Å². The van der Waals surface area contributed by atoms with Gasteiger partial charge in [-0.15, -0.1) is 0 Å². The lowest BCUT2D eigenvalue weighted by Gasteiger charge is -2.13. The van der Waals surface area contributed by atoms with Gasteiger partial charge < -0.3 is 14.6 Å². The molecule has 31 heavy (non-hydrogen) atoms. The molecule has 3 rings (SSSR count). The first-order valence-electron chi connectivity index (χ1n) is 9.14. The lowest BCUT2D eigenvalue weighted by Crippen LogP contribution is -2.30. The van der Waals surface area contributed by atoms with E-state index in [1.54, 1.807) is 0 Å². The summed E-state index contributed by atoms with van der Waals surface area (Å²) in [5, 5.41) is 15.4. The van der Waals surface area contributed by atoms with Gasteiger partial charge in [0.25, 0.3) is 5.91 Å². The Morgan fingerprint density at radius 1 is 1.29 bits per heavy atom. The summed E-state index contributed by atoms with van der Waals surface area (Å²) in [5.41, 5.74) is 1.23. The zero-order valence-electron chi connectivity index (χ0n) is 16.3. The Hall–Kier alpha value is -3.77. The van der Waals surface area contributed by atoms with Crippen LogP contribution in [0.1, 0.15) is 24.8 Å². The Kier molecular flexibility index (Phi) is 6.95. The molecule has 0 saturated carbocycles. The molecular formula is C21H16ClFN4O4. The fourth-order valence-electron chi connectivity index (χ4n) is 2.52. The molecule has 0 bridgehead atoms. The van der Waals surface area contributed by atoms with Crippen LogP contribution in [0.2, 0.25) is 5.02 Å². The third-order valence-electron chi connectivity index (χ3n) is 4.15. The molecule has 8 nitrogen and oxygen atoms in total. The average molecular weight is 443 g/mol. The summed E-state index contributed by atoms with van der Waals surface area (Å²) >= 11 is 5.93. The Bertz CT molecular complexity index is 1140. The molecule has 1 aromatic heterocycles. The summed E-state index contributed by atoms with van der Waals surface area (Å²) in [6.07, 6.45) is -1.02. The number of amides is 1. The van der Waals surface area contributed by atoms with Crippen molar-refractivity contribution in [3.05, 3.63) is 64.8 Å². The number of aromatic nitrogens is 2. The summed E-state index contributed by atoms with van der Waals surface area (Å²) in [6, 6.07) is 11.9. The molecular weight excluding hydrogens is 427 g/mol. The molecule has 1 atom stereocenters. The van der Waals surface area contributed by atoms with Crippen molar-refractivity contribution in [2.45, 2.75) is 25.9 Å². The highest BCUT2D eigenvalue weighted by molar-refractivity contribution is 6.32. The van der Waals surface area contributed by atoms with Crippen molar-refractivity contribution in [1.29, 1.82) is 5.26 Å². The molecule has 0 spiro atoms. The maximum absolute atomic E-state index is 13.0. The Morgan fingerprint density at radius 2 is 2.03 bits per heavy atom. The molecule has 1 heterocycles. The maximum atomic E-state index is 13.0. The number of carbonyl (C=O) groups excluding carboxylic acids is 2. The number of anilines is 1. The number of nitrogens with zero attached hydrogens (tertiary/aromatic N) is 3. The molecule has 0 aliphatic rings. The number of halogens is 2. The van der Waals surface area contributed by atoms with E-state index >= 15 is 0 Å². The molecule has 158 valence electrons. The average Bonchev–Trinajstić information content (AvgIpc) is 3.22. The van der Waals surface area contributed by atoms with Crippen LogP contribution in [0.3, 0.4) is 0 Å². The highest BCUT2D eigenvalue weighted by atomic mass is 35.5. The number of hydrogen-bond donors (Lipinski definition) is 1. The predicted molar refractivity (Wildman–Crippen MR) is 108 cm³/mol. The zero-order chi connectivity index (χ0) is 22.4. The normalized spacial score (nSPS) is 11.4. The molecule has 0 aliphatic carbocycles. The molecule has 1 unspecified atom stereocenters. The van der Waals surface area contributed by atoms with E-state index in [9.17, 15) is 14.0 Å². The Balaban J connectivity index is 1.49. The van der Waals surface area contributed by atoms with E-state index in [0.29, 0.717) is 11.3 Å². The quantitative estimate of drug-likeness (QED) is 0.551. The number of benzene rings is 2. The van der Waals surface area contributed by atoms with E-state index in [4.69, 9.17) is 26.1 Å². The standard InChI is InChI=1S/C21H16ClFN4O4/c1-12(21(29)25-16-7-4-14(11-24)17(22)10-16)30-19(28)9-8-18-26-20(27-31-18)13-2-5-15(23)6-3-13/h2-7,10,12H,8-9H2,1H3,(H,25,29). The number of ether oxygens (including phenoxy) is 1. The second kappa shape index (κ2) is 9.82. The number of hydrogen-bond acceptors (Lipinski definition) is 7. The van der Waals surface area contributed by atoms with E-state index in [0.717, 1.165) is 0 Å². The van der Waals surface area contributed by atoms with Crippen molar-refractivity contribution >= 4 is 29.2 Å². The van der Waals surface area contributed by atoms with Crippen LogP contribution >= 0.6 is 11.6 Å². The summed E-state index contributed by atoms with van der Waals surface area (Å²) in [5.74, 6) is -1.07. The maximum Gasteiger partial charge on any atom is 0.307 e. The predicted octanol–water partition coefficient (Wildman–Crippen LogP) is 3.90. The van der Waals surface area contributed by atoms with E-state index in [1.165, 1.54) is 49.4 Å². The Morgan fingerprint density at radius 3 is 2.71 bits per heavy atom. The van der Waals surface area contributed by atoms with Crippen molar-refractivity contribution in [2.24, 2.45) is 0 Å². The molecule has 0 saturated heterocycles. The minimum Gasteiger partial charge on any atom is -0.453 e. The van der Waals surface area contributed by atoms with Gasteiger partial charge in [0.05, 0.1) is 17.0 Å². The number of carbonyl (C=O) groups is 2. The van der Waals surface area contributed by atoms with Crippen molar-refractivity contribution in [1.82, 2.24) is 10.1 Å². The Labute approximate surface area is 181 Å². The van der Waals surface area contributed by atoms with Gasteiger partial charge in [-0.1, -0.05) is 16.8 Å². The molecule has 0 fully saturated rings. The van der Waals surface area contributed by atoms with Gasteiger partial charge in [-0.3, -0.25) is 9.59 Å². The van der Waals surface area contributed by atoms with E-state index in [2.05, 4.69) is 15.5 Å². The van der Waals surface area contributed by atoms with Gasteiger partial charge in [-0.05, 0) is 49.4 Å². The molecule has 0 radical (unpaired) electrons. The summed E-state index contributed by atoms with van der Waals surface area (Å²) < 4.78 is 23.2. The number of nitrogens with one attached hydrogen (secondary N) is 1. The SMILES string of the molecule is CC(OC(=O)CCc1nc(-c2ccc(F)cc2)no1)C(=O)Nc1ccc(C#N)c(Cl)c1. The van der Waals surface area contributed by atoms with Crippen LogP contribution in [0.25, 0.3) is 11.4 Å². The highest BCUT2D eigenvalue weighted by Crippen LogP contribution is 2.20. The van der Waals surface area contributed by atoms with Gasteiger partial charge >= 0.3 is 5.97 Å². The first-order chi connectivity index (χ1) is 14.9. The molecule has 1 amide bonds. The fraction of sp³-hybridized carbons (Fsp3) is 0.190. The largest absolute Gasteiger partial charge is 0.453 e. The van der Waals surface area contributed by atoms with Crippen LogP contribution in [0.5, 0.6) is 0 Å². The molecule has 10 heteroatoms. The minimum atomic E-state index is -1.06. The van der Waals surface area contributed by atoms with Crippen LogP contribution in [0.15, 0.2) is 47.0 Å². The molecule has 3 aromatic rings. The van der Waals surface area contributed by atoms with Crippen molar-refractivity contribution in [3.8, 4) is 17.5 Å². The molecule has 2 aromatic carbocycles. The van der Waals surface area contributed by atoms with Gasteiger partial charge in [0, 0.05) is 17.7 Å². The smallest absolute Gasteiger partial charge is 0.307 e. The minimum absolute atomic E-state index is 0.0780. The fourth-order valence-corrected chi connectivity index (χ4v) is 2.74. The number of nitriles is 1. The topological polar surface area (TPSA) is 118 Å². The van der Waals surface area contributed by atoms with Crippen LogP contribution in [-0.4, -0.2) is 28.1 Å². The summed E-state index contributed by atoms with van der Waals surface area (Å²) in [4.78, 5) is 28.4. The second-order valence-corrected chi connectivity index (χ2v) is 6.85. The van der Waals surface area contributed by atoms with Gasteiger partial charge in [0.2, 0.25) is 11.7 Å².